The van der Waals surface area contributed by atoms with E-state index in [0.717, 1.165) is 16.5 Å². The minimum absolute atomic E-state index is 0.374. The molecule has 0 fully saturated rings. The van der Waals surface area contributed by atoms with Gasteiger partial charge in [-0.15, -0.1) is 0 Å². The molecular weight excluding hydrogens is 176 g/mol. The number of nitrogens with two attached hydrogens (primary N) is 1. The van der Waals surface area contributed by atoms with Gasteiger partial charge in [0.2, 0.25) is 0 Å². The van der Waals surface area contributed by atoms with E-state index < -0.39 is 0 Å². The fraction of sp³-hybridized carbons (Fsp3) is 0.182. The molecule has 0 radical (unpaired) electrons. The molecule has 72 valence electrons. The van der Waals surface area contributed by atoms with Crippen molar-refractivity contribution in [2.45, 2.75) is 6.92 Å². The number of hydrogen-bond acceptors (Lipinski definition) is 1. The second kappa shape index (κ2) is 2.87. The first kappa shape index (κ1) is 8.81. The van der Waals surface area contributed by atoms with Gasteiger partial charge in [-0.1, -0.05) is 11.6 Å². The summed E-state index contributed by atoms with van der Waals surface area (Å²) in [7, 11) is 1.91. The lowest BCUT2D eigenvalue weighted by Crippen LogP contribution is -2.10. The Morgan fingerprint density at radius 1 is 1.43 bits per heavy atom. The topological polar surface area (TPSA) is 48.0 Å². The smallest absolute Gasteiger partial charge is 0.250 e. The summed E-state index contributed by atoms with van der Waals surface area (Å²) in [5.41, 5.74) is 8.04. The number of hydrogen-bond donors (Lipinski definition) is 1. The SMILES string of the molecule is Cc1ccc2c(c1)c(C(N)=O)cn2C. The quantitative estimate of drug-likeness (QED) is 0.725. The van der Waals surface area contributed by atoms with Crippen LogP contribution < -0.4 is 5.73 Å². The second-order valence-electron chi connectivity index (χ2n) is 3.54. The van der Waals surface area contributed by atoms with Gasteiger partial charge in [0.25, 0.3) is 5.91 Å². The first-order valence-electron chi connectivity index (χ1n) is 4.45. The minimum atomic E-state index is -0.374. The third kappa shape index (κ3) is 1.18. The van der Waals surface area contributed by atoms with Gasteiger partial charge in [0.15, 0.2) is 0 Å². The average molecular weight is 188 g/mol. The molecule has 1 aromatic heterocycles. The van der Waals surface area contributed by atoms with Crippen LogP contribution in [0, 0.1) is 6.92 Å². The molecule has 0 saturated carbocycles. The standard InChI is InChI=1S/C11H12N2O/c1-7-3-4-10-8(5-7)9(11(12)14)6-13(10)2/h3-6H,1-2H3,(H2,12,14). The Morgan fingerprint density at radius 3 is 2.79 bits per heavy atom. The molecule has 14 heavy (non-hydrogen) atoms. The Balaban J connectivity index is 2.85. The highest BCUT2D eigenvalue weighted by molar-refractivity contribution is 6.06. The monoisotopic (exact) mass is 188 g/mol. The third-order valence-electron chi connectivity index (χ3n) is 2.41. The maximum atomic E-state index is 11.1. The van der Waals surface area contributed by atoms with Crippen LogP contribution in [0.1, 0.15) is 15.9 Å². The Hall–Kier alpha value is -1.77. The molecule has 3 heteroatoms. The van der Waals surface area contributed by atoms with Crippen molar-refractivity contribution >= 4 is 16.8 Å². The Morgan fingerprint density at radius 2 is 2.14 bits per heavy atom. The van der Waals surface area contributed by atoms with Gasteiger partial charge >= 0.3 is 0 Å². The summed E-state index contributed by atoms with van der Waals surface area (Å²) in [6.07, 6.45) is 1.77. The van der Waals surface area contributed by atoms with Crippen LogP contribution in [0.2, 0.25) is 0 Å². The van der Waals surface area contributed by atoms with Crippen LogP contribution in [0.3, 0.4) is 0 Å². The Kier molecular flexibility index (Phi) is 1.81. The number of nitrogens with zero attached hydrogens (tertiary/aromatic N) is 1. The molecule has 1 heterocycles. The van der Waals surface area contributed by atoms with E-state index in [9.17, 15) is 4.79 Å². The van der Waals surface area contributed by atoms with Gasteiger partial charge in [0.1, 0.15) is 0 Å². The number of rotatable bonds is 1. The number of benzene rings is 1. The molecule has 1 aromatic carbocycles. The van der Waals surface area contributed by atoms with Crippen molar-refractivity contribution in [2.75, 3.05) is 0 Å². The van der Waals surface area contributed by atoms with Crippen molar-refractivity contribution in [1.29, 1.82) is 0 Å². The van der Waals surface area contributed by atoms with E-state index in [4.69, 9.17) is 5.73 Å². The van der Waals surface area contributed by atoms with Crippen LogP contribution in [0.5, 0.6) is 0 Å². The zero-order valence-corrected chi connectivity index (χ0v) is 8.24. The number of aryl methyl sites for hydroxylation is 2. The third-order valence-corrected chi connectivity index (χ3v) is 2.41. The van der Waals surface area contributed by atoms with Crippen LogP contribution >= 0.6 is 0 Å². The summed E-state index contributed by atoms with van der Waals surface area (Å²) in [6, 6.07) is 6.00. The molecule has 3 nitrogen and oxygen atoms in total. The van der Waals surface area contributed by atoms with E-state index in [1.807, 2.05) is 36.7 Å². The highest BCUT2D eigenvalue weighted by atomic mass is 16.1. The molecule has 0 bridgehead atoms. The van der Waals surface area contributed by atoms with Crippen molar-refractivity contribution in [3.63, 3.8) is 0 Å². The van der Waals surface area contributed by atoms with Crippen LogP contribution in [0.25, 0.3) is 10.9 Å². The highest BCUT2D eigenvalue weighted by Crippen LogP contribution is 2.21. The fourth-order valence-corrected chi connectivity index (χ4v) is 1.70. The lowest BCUT2D eigenvalue weighted by molar-refractivity contribution is 0.100. The van der Waals surface area contributed by atoms with Crippen molar-refractivity contribution < 1.29 is 4.79 Å². The average Bonchev–Trinajstić information content (AvgIpc) is 2.43. The molecule has 0 saturated heterocycles. The van der Waals surface area contributed by atoms with E-state index >= 15 is 0 Å². The minimum Gasteiger partial charge on any atom is -0.366 e. The lowest BCUT2D eigenvalue weighted by atomic mass is 10.1. The van der Waals surface area contributed by atoms with Crippen LogP contribution in [0.15, 0.2) is 24.4 Å². The Labute approximate surface area is 82.1 Å². The van der Waals surface area contributed by atoms with Crippen LogP contribution in [0.4, 0.5) is 0 Å². The van der Waals surface area contributed by atoms with Gasteiger partial charge in [-0.2, -0.15) is 0 Å². The van der Waals surface area contributed by atoms with E-state index in [2.05, 4.69) is 0 Å². The van der Waals surface area contributed by atoms with E-state index in [1.54, 1.807) is 6.20 Å². The molecule has 1 amide bonds. The number of aromatic nitrogens is 1. The molecule has 0 atom stereocenters. The highest BCUT2D eigenvalue weighted by Gasteiger charge is 2.10. The van der Waals surface area contributed by atoms with Crippen LogP contribution in [-0.2, 0) is 7.05 Å². The molecular formula is C11H12N2O. The van der Waals surface area contributed by atoms with Crippen molar-refractivity contribution in [2.24, 2.45) is 12.8 Å². The summed E-state index contributed by atoms with van der Waals surface area (Å²) in [5.74, 6) is -0.374. The molecule has 0 aliphatic rings. The lowest BCUT2D eigenvalue weighted by Gasteiger charge is -1.96. The van der Waals surface area contributed by atoms with Crippen molar-refractivity contribution in [3.8, 4) is 0 Å². The normalized spacial score (nSPS) is 10.7. The molecule has 0 spiro atoms. The summed E-state index contributed by atoms with van der Waals surface area (Å²) in [4.78, 5) is 11.1. The summed E-state index contributed by atoms with van der Waals surface area (Å²) < 4.78 is 1.91. The predicted molar refractivity (Wildman–Crippen MR) is 56.2 cm³/mol. The molecule has 0 unspecified atom stereocenters. The van der Waals surface area contributed by atoms with Crippen LogP contribution in [-0.4, -0.2) is 10.5 Å². The van der Waals surface area contributed by atoms with Crippen molar-refractivity contribution in [1.82, 2.24) is 4.57 Å². The number of primary amides is 1. The van der Waals surface area contributed by atoms with Gasteiger partial charge in [-0.3, -0.25) is 4.79 Å². The fourth-order valence-electron chi connectivity index (χ4n) is 1.70. The second-order valence-corrected chi connectivity index (χ2v) is 3.54. The molecule has 0 aliphatic carbocycles. The maximum absolute atomic E-state index is 11.1. The zero-order valence-electron chi connectivity index (χ0n) is 8.24. The maximum Gasteiger partial charge on any atom is 0.250 e. The van der Waals surface area contributed by atoms with E-state index in [-0.39, 0.29) is 5.91 Å². The van der Waals surface area contributed by atoms with E-state index in [1.165, 1.54) is 0 Å². The van der Waals surface area contributed by atoms with Crippen molar-refractivity contribution in [3.05, 3.63) is 35.5 Å². The number of carbonyl (C=O) groups excluding carboxylic acids is 1. The molecule has 2 rings (SSSR count). The molecule has 0 aliphatic heterocycles. The van der Waals surface area contributed by atoms with Gasteiger partial charge in [-0.05, 0) is 19.1 Å². The first-order valence-corrected chi connectivity index (χ1v) is 4.45. The number of amides is 1. The first-order chi connectivity index (χ1) is 6.59. The molecule has 2 N–H and O–H groups in total. The largest absolute Gasteiger partial charge is 0.366 e. The van der Waals surface area contributed by atoms with Gasteiger partial charge in [0.05, 0.1) is 5.56 Å². The summed E-state index contributed by atoms with van der Waals surface area (Å²) in [5, 5.41) is 0.931. The van der Waals surface area contributed by atoms with E-state index in [0.29, 0.717) is 5.56 Å². The number of carbonyl (C=O) groups is 1. The summed E-state index contributed by atoms with van der Waals surface area (Å²) in [6.45, 7) is 2.00. The summed E-state index contributed by atoms with van der Waals surface area (Å²) >= 11 is 0. The van der Waals surface area contributed by atoms with Gasteiger partial charge < -0.3 is 10.3 Å². The van der Waals surface area contributed by atoms with Gasteiger partial charge in [-0.25, -0.2) is 0 Å². The predicted octanol–water partition coefficient (Wildman–Crippen LogP) is 1.59. The van der Waals surface area contributed by atoms with Gasteiger partial charge in [0, 0.05) is 24.1 Å². The number of fused-ring (bicyclic) bond motifs is 1. The molecule has 2 aromatic rings. The zero-order chi connectivity index (χ0) is 10.3. The Bertz CT molecular complexity index is 511.